The summed E-state index contributed by atoms with van der Waals surface area (Å²) in [5.41, 5.74) is 0. The summed E-state index contributed by atoms with van der Waals surface area (Å²) in [4.78, 5) is 0. The fraction of sp³-hybridized carbons (Fsp3) is 0.714. The van der Waals surface area contributed by atoms with E-state index < -0.39 is 41.2 Å². The molecule has 1 aromatic heterocycles. The summed E-state index contributed by atoms with van der Waals surface area (Å²) < 4.78 is 10.7. The minimum Gasteiger partial charge on any atom is -0.467 e. The summed E-state index contributed by atoms with van der Waals surface area (Å²) in [6, 6.07) is 3.60. The van der Waals surface area contributed by atoms with Gasteiger partial charge in [0.2, 0.25) is 0 Å². The highest BCUT2D eigenvalue weighted by Crippen LogP contribution is 2.55. The van der Waals surface area contributed by atoms with Gasteiger partial charge < -0.3 is 29.6 Å². The van der Waals surface area contributed by atoms with Crippen LogP contribution < -0.4 is 0 Å². The van der Waals surface area contributed by atoms with Crippen molar-refractivity contribution < 1.29 is 29.6 Å². The molecule has 0 aromatic carbocycles. The normalized spacial score (nSPS) is 38.8. The van der Waals surface area contributed by atoms with E-state index in [1.165, 1.54) is 0 Å². The molecule has 0 aliphatic carbocycles. The Kier molecular flexibility index (Phi) is 5.08. The molecule has 0 radical (unpaired) electrons. The van der Waals surface area contributed by atoms with Crippen LogP contribution in [0.1, 0.15) is 12.2 Å². The summed E-state index contributed by atoms with van der Waals surface area (Å²) in [6.07, 6.45) is -3.07. The van der Waals surface area contributed by atoms with E-state index in [1.807, 2.05) is 6.07 Å². The van der Waals surface area contributed by atoms with Crippen molar-refractivity contribution in [1.29, 1.82) is 0 Å². The SMILES string of the molecule is OCC1O[C@@H](C2(c3ccco3)SCCCS2)C(O)C(O)[C@@H]1O. The Labute approximate surface area is 136 Å². The number of ether oxygens (including phenoxy) is 1. The van der Waals surface area contributed by atoms with Gasteiger partial charge in [0, 0.05) is 0 Å². The van der Waals surface area contributed by atoms with Crippen molar-refractivity contribution in [2.24, 2.45) is 0 Å². The van der Waals surface area contributed by atoms with E-state index in [0.717, 1.165) is 17.9 Å². The Morgan fingerprint density at radius 2 is 1.86 bits per heavy atom. The second-order valence-electron chi connectivity index (χ2n) is 5.44. The number of aliphatic hydroxyl groups excluding tert-OH is 4. The Bertz CT molecular complexity index is 474. The van der Waals surface area contributed by atoms with Gasteiger partial charge in [-0.15, -0.1) is 23.5 Å². The second-order valence-corrected chi connectivity index (χ2v) is 8.38. The number of aliphatic hydroxyl groups is 4. The lowest BCUT2D eigenvalue weighted by Gasteiger charge is -2.48. The van der Waals surface area contributed by atoms with Gasteiger partial charge in [-0.3, -0.25) is 0 Å². The van der Waals surface area contributed by atoms with Crippen molar-refractivity contribution in [2.75, 3.05) is 18.1 Å². The average Bonchev–Trinajstić information content (AvgIpc) is 3.09. The molecule has 0 spiro atoms. The van der Waals surface area contributed by atoms with Crippen molar-refractivity contribution in [2.45, 2.75) is 41.0 Å². The molecule has 0 saturated carbocycles. The molecule has 2 fully saturated rings. The first kappa shape index (κ1) is 16.6. The molecular weight excluding hydrogens is 328 g/mol. The summed E-state index contributed by atoms with van der Waals surface area (Å²) in [6.45, 7) is -0.426. The molecule has 0 bridgehead atoms. The Morgan fingerprint density at radius 1 is 1.14 bits per heavy atom. The minimum absolute atomic E-state index is 0.426. The van der Waals surface area contributed by atoms with Gasteiger partial charge in [-0.25, -0.2) is 0 Å². The standard InChI is InChI=1S/C14H20O6S2/c15-7-8-10(16)11(17)12(18)13(20-8)14(9-3-1-4-19-9)21-5-2-6-22-14/h1,3-4,8,10-13,15-18H,2,5-7H2/t8?,10-,11?,12?,13-/m1/s1. The van der Waals surface area contributed by atoms with Crippen LogP contribution in [0.3, 0.4) is 0 Å². The molecule has 2 saturated heterocycles. The first-order valence-corrected chi connectivity index (χ1v) is 9.19. The maximum absolute atomic E-state index is 10.5. The Morgan fingerprint density at radius 3 is 2.45 bits per heavy atom. The van der Waals surface area contributed by atoms with E-state index in [1.54, 1.807) is 35.9 Å². The lowest BCUT2D eigenvalue weighted by molar-refractivity contribution is -0.232. The molecule has 2 aliphatic rings. The van der Waals surface area contributed by atoms with E-state index in [9.17, 15) is 20.4 Å². The first-order chi connectivity index (χ1) is 10.6. The van der Waals surface area contributed by atoms with Crippen LogP contribution >= 0.6 is 23.5 Å². The van der Waals surface area contributed by atoms with Crippen LogP contribution in [0.2, 0.25) is 0 Å². The molecule has 0 amide bonds. The summed E-state index contributed by atoms with van der Waals surface area (Å²) >= 11 is 3.21. The maximum Gasteiger partial charge on any atom is 0.148 e. The van der Waals surface area contributed by atoms with Gasteiger partial charge in [0.25, 0.3) is 0 Å². The number of hydrogen-bond donors (Lipinski definition) is 4. The number of hydrogen-bond acceptors (Lipinski definition) is 8. The third kappa shape index (κ3) is 2.71. The topological polar surface area (TPSA) is 103 Å². The predicted octanol–water partition coefficient (Wildman–Crippen LogP) is 0.145. The van der Waals surface area contributed by atoms with Crippen LogP contribution in [0.15, 0.2) is 22.8 Å². The van der Waals surface area contributed by atoms with Crippen molar-refractivity contribution in [3.63, 3.8) is 0 Å². The molecule has 22 heavy (non-hydrogen) atoms. The molecule has 5 atom stereocenters. The smallest absolute Gasteiger partial charge is 0.148 e. The Hall–Kier alpha value is -0.220. The fourth-order valence-electron chi connectivity index (χ4n) is 2.89. The third-order valence-corrected chi connectivity index (χ3v) is 7.47. The molecule has 2 aliphatic heterocycles. The van der Waals surface area contributed by atoms with Crippen LogP contribution in [0.25, 0.3) is 0 Å². The van der Waals surface area contributed by atoms with E-state index in [-0.39, 0.29) is 0 Å². The highest BCUT2D eigenvalue weighted by atomic mass is 32.2. The summed E-state index contributed by atoms with van der Waals surface area (Å²) in [7, 11) is 0. The van der Waals surface area contributed by atoms with Gasteiger partial charge in [0.1, 0.15) is 40.4 Å². The van der Waals surface area contributed by atoms with Crippen molar-refractivity contribution in [3.8, 4) is 0 Å². The van der Waals surface area contributed by atoms with Crippen molar-refractivity contribution in [1.82, 2.24) is 0 Å². The molecule has 3 rings (SSSR count). The van der Waals surface area contributed by atoms with Gasteiger partial charge >= 0.3 is 0 Å². The zero-order chi connectivity index (χ0) is 15.7. The van der Waals surface area contributed by atoms with Crippen molar-refractivity contribution >= 4 is 23.5 Å². The number of furan rings is 1. The molecule has 1 aromatic rings. The molecule has 8 heteroatoms. The zero-order valence-electron chi connectivity index (χ0n) is 11.9. The highest BCUT2D eigenvalue weighted by Gasteiger charge is 2.56. The maximum atomic E-state index is 10.5. The monoisotopic (exact) mass is 348 g/mol. The second kappa shape index (κ2) is 6.72. The molecule has 4 N–H and O–H groups in total. The Balaban J connectivity index is 1.96. The van der Waals surface area contributed by atoms with E-state index >= 15 is 0 Å². The predicted molar refractivity (Wildman–Crippen MR) is 83.7 cm³/mol. The van der Waals surface area contributed by atoms with E-state index in [0.29, 0.717) is 5.76 Å². The van der Waals surface area contributed by atoms with Gasteiger partial charge in [-0.05, 0) is 30.1 Å². The molecular formula is C14H20O6S2. The third-order valence-electron chi connectivity index (χ3n) is 4.05. The molecule has 124 valence electrons. The first-order valence-electron chi connectivity index (χ1n) is 7.22. The van der Waals surface area contributed by atoms with Crippen LogP contribution in [0.4, 0.5) is 0 Å². The van der Waals surface area contributed by atoms with Gasteiger partial charge in [0.05, 0.1) is 12.9 Å². The van der Waals surface area contributed by atoms with Crippen LogP contribution in [0.5, 0.6) is 0 Å². The molecule has 6 nitrogen and oxygen atoms in total. The quantitative estimate of drug-likeness (QED) is 0.612. The summed E-state index contributed by atoms with van der Waals surface area (Å²) in [5, 5.41) is 39.9. The lowest BCUT2D eigenvalue weighted by Crippen LogP contribution is -2.63. The molecule has 3 unspecified atom stereocenters. The minimum atomic E-state index is -1.37. The van der Waals surface area contributed by atoms with Crippen LogP contribution in [-0.2, 0) is 8.82 Å². The van der Waals surface area contributed by atoms with E-state index in [4.69, 9.17) is 9.15 Å². The van der Waals surface area contributed by atoms with E-state index in [2.05, 4.69) is 0 Å². The fourth-order valence-corrected chi connectivity index (χ4v) is 6.32. The van der Waals surface area contributed by atoms with Gasteiger partial charge in [-0.1, -0.05) is 0 Å². The zero-order valence-corrected chi connectivity index (χ0v) is 13.5. The van der Waals surface area contributed by atoms with Crippen LogP contribution in [0, 0.1) is 0 Å². The molecule has 3 heterocycles. The number of rotatable bonds is 3. The van der Waals surface area contributed by atoms with Gasteiger partial charge in [0.15, 0.2) is 0 Å². The number of thioether (sulfide) groups is 2. The summed E-state index contributed by atoms with van der Waals surface area (Å²) in [5.74, 6) is 2.41. The van der Waals surface area contributed by atoms with Gasteiger partial charge in [-0.2, -0.15) is 0 Å². The van der Waals surface area contributed by atoms with Crippen LogP contribution in [-0.4, -0.2) is 69.1 Å². The average molecular weight is 348 g/mol. The largest absolute Gasteiger partial charge is 0.467 e. The van der Waals surface area contributed by atoms with Crippen molar-refractivity contribution in [3.05, 3.63) is 24.2 Å². The highest BCUT2D eigenvalue weighted by molar-refractivity contribution is 8.18. The lowest BCUT2D eigenvalue weighted by atomic mass is 9.92.